The van der Waals surface area contributed by atoms with Crippen LogP contribution in [0.15, 0.2) is 24.4 Å². The van der Waals surface area contributed by atoms with Crippen LogP contribution in [0.2, 0.25) is 5.15 Å². The molecule has 8 heteroatoms. The number of nitrogens with zero attached hydrogens (tertiary/aromatic N) is 4. The molecule has 0 saturated carbocycles. The molecule has 20 heavy (non-hydrogen) atoms. The predicted octanol–water partition coefficient (Wildman–Crippen LogP) is 3.62. The summed E-state index contributed by atoms with van der Waals surface area (Å²) in [5.74, 6) is 0.425. The van der Waals surface area contributed by atoms with E-state index in [2.05, 4.69) is 15.0 Å². The van der Waals surface area contributed by atoms with Crippen LogP contribution in [-0.2, 0) is 0 Å². The fourth-order valence-electron chi connectivity index (χ4n) is 1.85. The number of rotatable bonds is 2. The van der Waals surface area contributed by atoms with Crippen molar-refractivity contribution in [2.45, 2.75) is 6.92 Å². The topological polar surface area (TPSA) is 81.8 Å². The first kappa shape index (κ1) is 12.9. The lowest BCUT2D eigenvalue weighted by Gasteiger charge is -2.03. The van der Waals surface area contributed by atoms with Gasteiger partial charge < -0.3 is 0 Å². The van der Waals surface area contributed by atoms with Crippen LogP contribution in [0.25, 0.3) is 21.6 Å². The van der Waals surface area contributed by atoms with Crippen molar-refractivity contribution in [3.8, 4) is 10.7 Å². The Labute approximate surface area is 122 Å². The number of aromatic nitrogens is 3. The Hall–Kier alpha value is -2.12. The minimum absolute atomic E-state index is 0.0725. The number of fused-ring (bicyclic) bond motifs is 1. The molecule has 0 N–H and O–H groups in total. The Morgan fingerprint density at radius 2 is 2.15 bits per heavy atom. The molecule has 0 unspecified atom stereocenters. The first-order chi connectivity index (χ1) is 9.56. The lowest BCUT2D eigenvalue weighted by Crippen LogP contribution is -1.95. The lowest BCUT2D eigenvalue weighted by molar-refractivity contribution is -0.383. The van der Waals surface area contributed by atoms with E-state index in [-0.39, 0.29) is 16.2 Å². The second kappa shape index (κ2) is 4.77. The van der Waals surface area contributed by atoms with Crippen molar-refractivity contribution >= 4 is 39.5 Å². The second-order valence-electron chi connectivity index (χ2n) is 4.01. The van der Waals surface area contributed by atoms with E-state index in [9.17, 15) is 10.1 Å². The quantitative estimate of drug-likeness (QED) is 0.410. The minimum atomic E-state index is -0.492. The highest BCUT2D eigenvalue weighted by Crippen LogP contribution is 2.32. The smallest absolute Gasteiger partial charge is 0.258 e. The zero-order valence-electron chi connectivity index (χ0n) is 10.2. The second-order valence-corrected chi connectivity index (χ2v) is 5.60. The summed E-state index contributed by atoms with van der Waals surface area (Å²) in [5, 5.41) is 12.2. The van der Waals surface area contributed by atoms with Gasteiger partial charge in [-0.15, -0.1) is 11.3 Å². The maximum Gasteiger partial charge on any atom is 0.281 e. The third-order valence-electron chi connectivity index (χ3n) is 2.70. The van der Waals surface area contributed by atoms with Gasteiger partial charge >= 0.3 is 0 Å². The number of hydrogen-bond acceptors (Lipinski definition) is 6. The SMILES string of the molecule is Cc1ncc(-c2nc(Cl)c3c([N+](=O)[O-])cccc3n2)s1. The molecule has 2 heterocycles. The van der Waals surface area contributed by atoms with Crippen LogP contribution in [0.3, 0.4) is 0 Å². The molecule has 0 bridgehead atoms. The molecule has 2 aromatic heterocycles. The number of non-ortho nitro benzene ring substituents is 1. The van der Waals surface area contributed by atoms with Crippen molar-refractivity contribution < 1.29 is 4.92 Å². The Balaban J connectivity index is 2.28. The van der Waals surface area contributed by atoms with Gasteiger partial charge in [-0.3, -0.25) is 10.1 Å². The Morgan fingerprint density at radius 1 is 1.35 bits per heavy atom. The molecule has 0 aliphatic heterocycles. The molecule has 0 aliphatic rings. The first-order valence-electron chi connectivity index (χ1n) is 5.59. The summed E-state index contributed by atoms with van der Waals surface area (Å²) in [6.07, 6.45) is 1.66. The summed E-state index contributed by atoms with van der Waals surface area (Å²) >= 11 is 7.54. The van der Waals surface area contributed by atoms with Gasteiger partial charge in [0.15, 0.2) is 5.82 Å². The average Bonchev–Trinajstić information content (AvgIpc) is 2.84. The molecule has 0 fully saturated rings. The zero-order valence-corrected chi connectivity index (χ0v) is 11.8. The number of nitro groups is 1. The average molecular weight is 307 g/mol. The maximum absolute atomic E-state index is 11.0. The van der Waals surface area contributed by atoms with Crippen LogP contribution in [0, 0.1) is 17.0 Å². The van der Waals surface area contributed by atoms with Crippen molar-refractivity contribution in [2.75, 3.05) is 0 Å². The van der Waals surface area contributed by atoms with E-state index in [1.807, 2.05) is 6.92 Å². The molecule has 0 saturated heterocycles. The number of thiazole rings is 1. The molecule has 0 atom stereocenters. The van der Waals surface area contributed by atoms with E-state index in [1.54, 1.807) is 18.3 Å². The van der Waals surface area contributed by atoms with Crippen LogP contribution in [0.1, 0.15) is 5.01 Å². The van der Waals surface area contributed by atoms with Crippen LogP contribution in [0.4, 0.5) is 5.69 Å². The number of aryl methyl sites for hydroxylation is 1. The van der Waals surface area contributed by atoms with Crippen LogP contribution in [-0.4, -0.2) is 19.9 Å². The summed E-state index contributed by atoms with van der Waals surface area (Å²) < 4.78 is 0. The van der Waals surface area contributed by atoms with E-state index in [0.29, 0.717) is 11.3 Å². The highest BCUT2D eigenvalue weighted by Gasteiger charge is 2.18. The molecule has 3 rings (SSSR count). The van der Waals surface area contributed by atoms with Crippen molar-refractivity contribution in [3.63, 3.8) is 0 Å². The molecule has 0 aliphatic carbocycles. The molecule has 3 aromatic rings. The van der Waals surface area contributed by atoms with Crippen LogP contribution < -0.4 is 0 Å². The van der Waals surface area contributed by atoms with Crippen molar-refractivity contribution in [1.82, 2.24) is 15.0 Å². The molecular formula is C12H7ClN4O2S. The van der Waals surface area contributed by atoms with Crippen molar-refractivity contribution in [1.29, 1.82) is 0 Å². The molecule has 6 nitrogen and oxygen atoms in total. The van der Waals surface area contributed by atoms with Gasteiger partial charge in [-0.25, -0.2) is 15.0 Å². The fourth-order valence-corrected chi connectivity index (χ4v) is 2.83. The van der Waals surface area contributed by atoms with E-state index >= 15 is 0 Å². The normalized spacial score (nSPS) is 10.9. The van der Waals surface area contributed by atoms with Gasteiger partial charge in [0, 0.05) is 12.3 Å². The van der Waals surface area contributed by atoms with Crippen LogP contribution >= 0.6 is 22.9 Å². The molecule has 0 spiro atoms. The maximum atomic E-state index is 11.0. The summed E-state index contributed by atoms with van der Waals surface area (Å²) in [4.78, 5) is 23.9. The van der Waals surface area contributed by atoms with E-state index in [4.69, 9.17) is 11.6 Å². The van der Waals surface area contributed by atoms with Crippen LogP contribution in [0.5, 0.6) is 0 Å². The third kappa shape index (κ3) is 2.10. The predicted molar refractivity (Wildman–Crippen MR) is 77.0 cm³/mol. The Bertz CT molecular complexity index is 833. The largest absolute Gasteiger partial charge is 0.281 e. The van der Waals surface area contributed by atoms with E-state index in [0.717, 1.165) is 9.88 Å². The number of benzene rings is 1. The monoisotopic (exact) mass is 306 g/mol. The Morgan fingerprint density at radius 3 is 2.80 bits per heavy atom. The van der Waals surface area contributed by atoms with Gasteiger partial charge in [0.05, 0.1) is 20.3 Å². The lowest BCUT2D eigenvalue weighted by atomic mass is 10.2. The molecule has 0 amide bonds. The standard InChI is InChI=1S/C12H7ClN4O2S/c1-6-14-5-9(20-6)12-15-7-3-2-4-8(17(18)19)10(7)11(13)16-12/h2-5H,1H3. The summed E-state index contributed by atoms with van der Waals surface area (Å²) in [5.41, 5.74) is 0.347. The highest BCUT2D eigenvalue weighted by atomic mass is 35.5. The van der Waals surface area contributed by atoms with Crippen molar-refractivity contribution in [3.05, 3.63) is 44.7 Å². The first-order valence-corrected chi connectivity index (χ1v) is 6.79. The molecule has 1 aromatic carbocycles. The van der Waals surface area contributed by atoms with Gasteiger partial charge in [0.1, 0.15) is 10.5 Å². The van der Waals surface area contributed by atoms with Crippen molar-refractivity contribution in [2.24, 2.45) is 0 Å². The molecule has 0 radical (unpaired) electrons. The Kier molecular flexibility index (Phi) is 3.07. The highest BCUT2D eigenvalue weighted by molar-refractivity contribution is 7.14. The summed E-state index contributed by atoms with van der Waals surface area (Å²) in [7, 11) is 0. The molecular weight excluding hydrogens is 300 g/mol. The van der Waals surface area contributed by atoms with Gasteiger partial charge in [0.2, 0.25) is 0 Å². The summed E-state index contributed by atoms with van der Waals surface area (Å²) in [6.45, 7) is 1.88. The fraction of sp³-hybridized carbons (Fsp3) is 0.0833. The number of nitro benzene ring substituents is 1. The minimum Gasteiger partial charge on any atom is -0.258 e. The van der Waals surface area contributed by atoms with E-state index < -0.39 is 4.92 Å². The van der Waals surface area contributed by atoms with Gasteiger partial charge in [-0.2, -0.15) is 0 Å². The third-order valence-corrected chi connectivity index (χ3v) is 3.88. The molecule has 100 valence electrons. The van der Waals surface area contributed by atoms with Gasteiger partial charge in [0.25, 0.3) is 5.69 Å². The van der Waals surface area contributed by atoms with Gasteiger partial charge in [-0.1, -0.05) is 17.7 Å². The number of halogens is 1. The van der Waals surface area contributed by atoms with E-state index in [1.165, 1.54) is 17.4 Å². The number of hydrogen-bond donors (Lipinski definition) is 0. The van der Waals surface area contributed by atoms with Gasteiger partial charge in [-0.05, 0) is 13.0 Å². The zero-order chi connectivity index (χ0) is 14.3. The summed E-state index contributed by atoms with van der Waals surface area (Å²) in [6, 6.07) is 4.63.